The molecule has 1 aliphatic heterocycles. The molecule has 0 bridgehead atoms. The summed E-state index contributed by atoms with van der Waals surface area (Å²) in [5, 5.41) is 0.500. The van der Waals surface area contributed by atoms with Crippen molar-refractivity contribution in [3.05, 3.63) is 46.8 Å². The van der Waals surface area contributed by atoms with E-state index in [0.29, 0.717) is 48.7 Å². The van der Waals surface area contributed by atoms with Crippen molar-refractivity contribution in [3.63, 3.8) is 0 Å². The molecule has 1 saturated heterocycles. The van der Waals surface area contributed by atoms with E-state index < -0.39 is 10.0 Å². The highest BCUT2D eigenvalue weighted by molar-refractivity contribution is 7.88. The van der Waals surface area contributed by atoms with Crippen LogP contribution in [-0.4, -0.2) is 65.2 Å². The van der Waals surface area contributed by atoms with Gasteiger partial charge in [0.05, 0.1) is 30.5 Å². The van der Waals surface area contributed by atoms with Crippen LogP contribution in [0.25, 0.3) is 22.1 Å². The molecule has 0 amide bonds. The summed E-state index contributed by atoms with van der Waals surface area (Å²) in [6, 6.07) is 3.67. The summed E-state index contributed by atoms with van der Waals surface area (Å²) in [5.41, 5.74) is 1.93. The molecule has 33 heavy (non-hydrogen) atoms. The zero-order chi connectivity index (χ0) is 23.9. The first-order chi connectivity index (χ1) is 15.5. The number of sulfonamides is 1. The first-order valence-corrected chi connectivity index (χ1v) is 12.8. The standard InChI is InChI=1S/C23H30N4O5S/c1-15(2)31-21-11-24-7-6-18(21)20-14-25(4)23(28)19-10-17(32-22(19)20)13-26-8-9-27(12-16(26)3)33(5,29)30/h6-7,10-11,14-16H,8-9,12-13H2,1-5H3. The molecular formula is C23H30N4O5S. The average molecular weight is 475 g/mol. The van der Waals surface area contributed by atoms with E-state index in [9.17, 15) is 13.2 Å². The number of aromatic nitrogens is 2. The number of ether oxygens (including phenoxy) is 1. The Kier molecular flexibility index (Phi) is 6.35. The monoisotopic (exact) mass is 474 g/mol. The quantitative estimate of drug-likeness (QED) is 0.541. The fourth-order valence-corrected chi connectivity index (χ4v) is 5.12. The van der Waals surface area contributed by atoms with Crippen molar-refractivity contribution >= 4 is 21.0 Å². The van der Waals surface area contributed by atoms with Crippen LogP contribution in [0.5, 0.6) is 5.75 Å². The Morgan fingerprint density at radius 3 is 2.70 bits per heavy atom. The van der Waals surface area contributed by atoms with Crippen LogP contribution in [0.1, 0.15) is 26.5 Å². The zero-order valence-corrected chi connectivity index (χ0v) is 20.4. The third-order valence-corrected chi connectivity index (χ3v) is 7.16. The maximum absolute atomic E-state index is 12.9. The number of piperazine rings is 1. The Hall–Kier alpha value is -2.69. The molecule has 0 radical (unpaired) electrons. The molecular weight excluding hydrogens is 444 g/mol. The summed E-state index contributed by atoms with van der Waals surface area (Å²) in [4.78, 5) is 19.2. The lowest BCUT2D eigenvalue weighted by molar-refractivity contribution is 0.115. The lowest BCUT2D eigenvalue weighted by Gasteiger charge is -2.38. The van der Waals surface area contributed by atoms with Gasteiger partial charge < -0.3 is 13.7 Å². The molecule has 1 fully saturated rings. The van der Waals surface area contributed by atoms with Gasteiger partial charge in [-0.05, 0) is 32.9 Å². The smallest absolute Gasteiger partial charge is 0.261 e. The molecule has 0 spiro atoms. The summed E-state index contributed by atoms with van der Waals surface area (Å²) in [5.74, 6) is 1.28. The van der Waals surface area contributed by atoms with Gasteiger partial charge in [-0.1, -0.05) is 0 Å². The van der Waals surface area contributed by atoms with E-state index in [1.807, 2.05) is 26.8 Å². The Bertz CT molecular complexity index is 1330. The number of hydrogen-bond donors (Lipinski definition) is 0. The Morgan fingerprint density at radius 1 is 1.27 bits per heavy atom. The Labute approximate surface area is 193 Å². The number of aryl methyl sites for hydroxylation is 1. The van der Waals surface area contributed by atoms with Crippen LogP contribution >= 0.6 is 0 Å². The van der Waals surface area contributed by atoms with Gasteiger partial charge in [-0.25, -0.2) is 8.42 Å². The molecule has 1 atom stereocenters. The fourth-order valence-electron chi connectivity index (χ4n) is 4.22. The van der Waals surface area contributed by atoms with Crippen molar-refractivity contribution in [2.24, 2.45) is 7.05 Å². The molecule has 4 heterocycles. The van der Waals surface area contributed by atoms with Gasteiger partial charge in [-0.15, -0.1) is 0 Å². The molecule has 0 aromatic carbocycles. The van der Waals surface area contributed by atoms with E-state index in [4.69, 9.17) is 9.15 Å². The van der Waals surface area contributed by atoms with E-state index in [2.05, 4.69) is 9.88 Å². The molecule has 0 aliphatic carbocycles. The van der Waals surface area contributed by atoms with Crippen LogP contribution in [0.4, 0.5) is 0 Å². The van der Waals surface area contributed by atoms with E-state index in [0.717, 1.165) is 11.1 Å². The van der Waals surface area contributed by atoms with Crippen molar-refractivity contribution in [2.75, 3.05) is 25.9 Å². The lowest BCUT2D eigenvalue weighted by atomic mass is 10.1. The predicted molar refractivity (Wildman–Crippen MR) is 127 cm³/mol. The molecule has 0 N–H and O–H groups in total. The summed E-state index contributed by atoms with van der Waals surface area (Å²) >= 11 is 0. The number of rotatable bonds is 6. The first-order valence-electron chi connectivity index (χ1n) is 11.0. The van der Waals surface area contributed by atoms with Crippen molar-refractivity contribution in [1.82, 2.24) is 18.8 Å². The van der Waals surface area contributed by atoms with E-state index in [1.54, 1.807) is 36.3 Å². The van der Waals surface area contributed by atoms with Crippen molar-refractivity contribution < 1.29 is 17.6 Å². The maximum atomic E-state index is 12.9. The van der Waals surface area contributed by atoms with Crippen LogP contribution < -0.4 is 10.3 Å². The molecule has 0 saturated carbocycles. The van der Waals surface area contributed by atoms with E-state index >= 15 is 0 Å². The maximum Gasteiger partial charge on any atom is 0.261 e. The molecule has 9 nitrogen and oxygen atoms in total. The van der Waals surface area contributed by atoms with Crippen molar-refractivity contribution in [3.8, 4) is 16.9 Å². The van der Waals surface area contributed by atoms with Gasteiger partial charge in [0.15, 0.2) is 0 Å². The number of nitrogens with zero attached hydrogens (tertiary/aromatic N) is 4. The van der Waals surface area contributed by atoms with Crippen molar-refractivity contribution in [2.45, 2.75) is 39.5 Å². The van der Waals surface area contributed by atoms with Gasteiger partial charge >= 0.3 is 0 Å². The summed E-state index contributed by atoms with van der Waals surface area (Å²) in [6.45, 7) is 7.83. The minimum absolute atomic E-state index is 0.0234. The van der Waals surface area contributed by atoms with Crippen molar-refractivity contribution in [1.29, 1.82) is 0 Å². The number of fused-ring (bicyclic) bond motifs is 1. The van der Waals surface area contributed by atoms with Crippen LogP contribution in [-0.2, 0) is 23.6 Å². The third kappa shape index (κ3) is 4.83. The normalized spacial score (nSPS) is 18.3. The largest absolute Gasteiger partial charge is 0.489 e. The van der Waals surface area contributed by atoms with Gasteiger partial charge in [0.25, 0.3) is 5.56 Å². The second kappa shape index (κ2) is 8.92. The third-order valence-electron chi connectivity index (χ3n) is 5.89. The Balaban J connectivity index is 1.71. The molecule has 10 heteroatoms. The molecule has 4 rings (SSSR count). The highest BCUT2D eigenvalue weighted by atomic mass is 32.2. The second-order valence-electron chi connectivity index (χ2n) is 8.89. The average Bonchev–Trinajstić information content (AvgIpc) is 3.16. The van der Waals surface area contributed by atoms with Crippen LogP contribution in [0.15, 0.2) is 39.9 Å². The lowest BCUT2D eigenvalue weighted by Crippen LogP contribution is -2.52. The summed E-state index contributed by atoms with van der Waals surface area (Å²) in [6.07, 6.45) is 6.32. The molecule has 3 aromatic heterocycles. The highest BCUT2D eigenvalue weighted by Crippen LogP contribution is 2.35. The minimum atomic E-state index is -3.21. The van der Waals surface area contributed by atoms with Gasteiger partial charge in [-0.3, -0.25) is 14.7 Å². The van der Waals surface area contributed by atoms with Gasteiger partial charge in [-0.2, -0.15) is 4.31 Å². The van der Waals surface area contributed by atoms with E-state index in [1.165, 1.54) is 10.6 Å². The van der Waals surface area contributed by atoms with Crippen LogP contribution in [0.3, 0.4) is 0 Å². The predicted octanol–water partition coefficient (Wildman–Crippen LogP) is 2.45. The second-order valence-corrected chi connectivity index (χ2v) is 10.9. The minimum Gasteiger partial charge on any atom is -0.489 e. The topological polar surface area (TPSA) is 97.9 Å². The summed E-state index contributed by atoms with van der Waals surface area (Å²) < 4.78 is 39.0. The van der Waals surface area contributed by atoms with Crippen LogP contribution in [0.2, 0.25) is 0 Å². The van der Waals surface area contributed by atoms with Crippen LogP contribution in [0, 0.1) is 0 Å². The molecule has 178 valence electrons. The van der Waals surface area contributed by atoms with Gasteiger partial charge in [0.1, 0.15) is 17.1 Å². The molecule has 1 aliphatic rings. The highest BCUT2D eigenvalue weighted by Gasteiger charge is 2.29. The number of pyridine rings is 2. The fraction of sp³-hybridized carbons (Fsp3) is 0.478. The van der Waals surface area contributed by atoms with E-state index in [-0.39, 0.29) is 17.7 Å². The van der Waals surface area contributed by atoms with Gasteiger partial charge in [0.2, 0.25) is 10.0 Å². The Morgan fingerprint density at radius 2 is 2.03 bits per heavy atom. The zero-order valence-electron chi connectivity index (χ0n) is 19.6. The van der Waals surface area contributed by atoms with Gasteiger partial charge in [0, 0.05) is 56.2 Å². The molecule has 3 aromatic rings. The SMILES string of the molecule is CC(C)Oc1cnccc1-c1cn(C)c(=O)c2cc(CN3CCN(S(C)(=O)=O)CC3C)oc12. The number of hydrogen-bond acceptors (Lipinski definition) is 7. The molecule has 1 unspecified atom stereocenters. The summed E-state index contributed by atoms with van der Waals surface area (Å²) in [7, 11) is -1.50. The first kappa shape index (κ1) is 23.5. The number of furan rings is 1.